The number of methoxy groups -OCH3 is 1. The van der Waals surface area contributed by atoms with E-state index in [4.69, 9.17) is 5.26 Å². The zero-order chi connectivity index (χ0) is 15.9. The first-order valence-electron chi connectivity index (χ1n) is 6.59. The summed E-state index contributed by atoms with van der Waals surface area (Å²) in [5.74, 6) is -0.655. The molecule has 0 unspecified atom stereocenters. The smallest absolute Gasteiger partial charge is 0.337 e. The lowest BCUT2D eigenvalue weighted by Crippen LogP contribution is -2.22. The molecule has 0 aliphatic carbocycles. The number of hydrogen-bond donors (Lipinski definition) is 1. The largest absolute Gasteiger partial charge is 0.465 e. The van der Waals surface area contributed by atoms with Crippen LogP contribution in [0.25, 0.3) is 0 Å². The van der Waals surface area contributed by atoms with Crippen molar-refractivity contribution >= 4 is 11.9 Å². The van der Waals surface area contributed by atoms with Gasteiger partial charge in [0.15, 0.2) is 0 Å². The summed E-state index contributed by atoms with van der Waals surface area (Å²) in [7, 11) is 1.33. The first-order chi connectivity index (χ1) is 10.6. The van der Waals surface area contributed by atoms with E-state index in [0.717, 1.165) is 5.56 Å². The summed E-state index contributed by atoms with van der Waals surface area (Å²) in [6, 6.07) is 15.3. The standard InChI is InChI=1S/C17H14N2O3/c1-22-17(21)14-7-5-12(6-8-14)11-19-16(20)15-4-2-3-13(9-15)10-18/h2-9H,11H2,1H3,(H,19,20). The van der Waals surface area contributed by atoms with Crippen LogP contribution in [0.4, 0.5) is 0 Å². The van der Waals surface area contributed by atoms with E-state index in [1.54, 1.807) is 42.5 Å². The Morgan fingerprint density at radius 3 is 2.50 bits per heavy atom. The molecule has 0 aromatic heterocycles. The van der Waals surface area contributed by atoms with Crippen molar-refractivity contribution in [2.45, 2.75) is 6.54 Å². The highest BCUT2D eigenvalue weighted by Gasteiger charge is 2.07. The first kappa shape index (κ1) is 15.3. The maximum absolute atomic E-state index is 12.0. The van der Waals surface area contributed by atoms with Gasteiger partial charge in [0.1, 0.15) is 0 Å². The molecule has 0 saturated carbocycles. The van der Waals surface area contributed by atoms with E-state index in [0.29, 0.717) is 23.2 Å². The molecule has 1 amide bonds. The van der Waals surface area contributed by atoms with Crippen LogP contribution in [0.2, 0.25) is 0 Å². The lowest BCUT2D eigenvalue weighted by atomic mass is 10.1. The van der Waals surface area contributed by atoms with E-state index in [9.17, 15) is 9.59 Å². The van der Waals surface area contributed by atoms with Crippen LogP contribution in [0.3, 0.4) is 0 Å². The summed E-state index contributed by atoms with van der Waals surface area (Å²) in [5, 5.41) is 11.6. The Balaban J connectivity index is 1.99. The molecule has 2 aromatic rings. The van der Waals surface area contributed by atoms with Gasteiger partial charge in [0.05, 0.1) is 24.3 Å². The number of nitriles is 1. The van der Waals surface area contributed by atoms with Gasteiger partial charge in [-0.05, 0) is 35.9 Å². The predicted molar refractivity (Wildman–Crippen MR) is 80.1 cm³/mol. The summed E-state index contributed by atoms with van der Waals surface area (Å²) in [6.45, 7) is 0.330. The molecule has 0 bridgehead atoms. The Bertz CT molecular complexity index is 730. The molecular weight excluding hydrogens is 280 g/mol. The molecule has 2 rings (SSSR count). The molecule has 0 aliphatic heterocycles. The van der Waals surface area contributed by atoms with Gasteiger partial charge >= 0.3 is 5.97 Å². The summed E-state index contributed by atoms with van der Waals surface area (Å²) >= 11 is 0. The van der Waals surface area contributed by atoms with Gasteiger partial charge in [-0.2, -0.15) is 5.26 Å². The van der Waals surface area contributed by atoms with Gasteiger partial charge in [-0.3, -0.25) is 4.79 Å². The third kappa shape index (κ3) is 3.70. The third-order valence-electron chi connectivity index (χ3n) is 3.08. The fourth-order valence-corrected chi connectivity index (χ4v) is 1.89. The predicted octanol–water partition coefficient (Wildman–Crippen LogP) is 2.27. The number of nitrogens with one attached hydrogen (secondary N) is 1. The van der Waals surface area contributed by atoms with Crippen LogP contribution in [-0.2, 0) is 11.3 Å². The second-order valence-electron chi connectivity index (χ2n) is 4.56. The van der Waals surface area contributed by atoms with E-state index in [2.05, 4.69) is 10.1 Å². The van der Waals surface area contributed by atoms with Gasteiger partial charge in [-0.1, -0.05) is 18.2 Å². The summed E-state index contributed by atoms with van der Waals surface area (Å²) in [6.07, 6.45) is 0. The average Bonchev–Trinajstić information content (AvgIpc) is 2.59. The SMILES string of the molecule is COC(=O)c1ccc(CNC(=O)c2cccc(C#N)c2)cc1. The fraction of sp³-hybridized carbons (Fsp3) is 0.118. The normalized spacial score (nSPS) is 9.64. The molecule has 0 aliphatic rings. The van der Waals surface area contributed by atoms with Gasteiger partial charge < -0.3 is 10.1 Å². The first-order valence-corrected chi connectivity index (χ1v) is 6.59. The Morgan fingerprint density at radius 1 is 1.14 bits per heavy atom. The van der Waals surface area contributed by atoms with Crippen molar-refractivity contribution in [1.82, 2.24) is 5.32 Å². The molecule has 1 N–H and O–H groups in total. The minimum atomic E-state index is -0.399. The fourth-order valence-electron chi connectivity index (χ4n) is 1.89. The third-order valence-corrected chi connectivity index (χ3v) is 3.08. The maximum Gasteiger partial charge on any atom is 0.337 e. The number of rotatable bonds is 4. The van der Waals surface area contributed by atoms with Crippen molar-refractivity contribution in [2.24, 2.45) is 0 Å². The average molecular weight is 294 g/mol. The number of carbonyl (C=O) groups is 2. The van der Waals surface area contributed by atoms with Gasteiger partial charge in [-0.15, -0.1) is 0 Å². The molecule has 0 radical (unpaired) electrons. The summed E-state index contributed by atoms with van der Waals surface area (Å²) in [4.78, 5) is 23.3. The highest BCUT2D eigenvalue weighted by Crippen LogP contribution is 2.07. The lowest BCUT2D eigenvalue weighted by molar-refractivity contribution is 0.0600. The van der Waals surface area contributed by atoms with E-state index >= 15 is 0 Å². The minimum Gasteiger partial charge on any atom is -0.465 e. The van der Waals surface area contributed by atoms with Crippen LogP contribution in [0, 0.1) is 11.3 Å². The zero-order valence-corrected chi connectivity index (χ0v) is 12.0. The number of amides is 1. The van der Waals surface area contributed by atoms with Crippen molar-refractivity contribution in [3.63, 3.8) is 0 Å². The molecule has 2 aromatic carbocycles. The Hall–Kier alpha value is -3.13. The van der Waals surface area contributed by atoms with E-state index in [1.807, 2.05) is 6.07 Å². The molecule has 0 fully saturated rings. The number of nitrogens with zero attached hydrogens (tertiary/aromatic N) is 1. The molecule has 0 heterocycles. The Labute approximate surface area is 128 Å². The van der Waals surface area contributed by atoms with Gasteiger partial charge in [-0.25, -0.2) is 4.79 Å². The van der Waals surface area contributed by atoms with Crippen LogP contribution < -0.4 is 5.32 Å². The number of esters is 1. The van der Waals surface area contributed by atoms with Crippen LogP contribution in [0.5, 0.6) is 0 Å². The monoisotopic (exact) mass is 294 g/mol. The highest BCUT2D eigenvalue weighted by molar-refractivity contribution is 5.94. The molecule has 22 heavy (non-hydrogen) atoms. The van der Waals surface area contributed by atoms with Crippen molar-refractivity contribution in [3.8, 4) is 6.07 Å². The van der Waals surface area contributed by atoms with Crippen molar-refractivity contribution in [3.05, 3.63) is 70.8 Å². The number of benzene rings is 2. The van der Waals surface area contributed by atoms with Crippen molar-refractivity contribution in [2.75, 3.05) is 7.11 Å². The molecule has 0 atom stereocenters. The second kappa shape index (κ2) is 7.04. The van der Waals surface area contributed by atoms with Crippen LogP contribution >= 0.6 is 0 Å². The molecular formula is C17H14N2O3. The maximum atomic E-state index is 12.0. The van der Waals surface area contributed by atoms with Crippen LogP contribution in [-0.4, -0.2) is 19.0 Å². The molecule has 0 spiro atoms. The Morgan fingerprint density at radius 2 is 1.86 bits per heavy atom. The molecule has 5 heteroatoms. The van der Waals surface area contributed by atoms with Crippen molar-refractivity contribution < 1.29 is 14.3 Å². The van der Waals surface area contributed by atoms with E-state index < -0.39 is 5.97 Å². The summed E-state index contributed by atoms with van der Waals surface area (Å²) in [5.41, 5.74) is 2.19. The number of ether oxygens (including phenoxy) is 1. The highest BCUT2D eigenvalue weighted by atomic mass is 16.5. The molecule has 0 saturated heterocycles. The van der Waals surface area contributed by atoms with Gasteiger partial charge in [0.2, 0.25) is 0 Å². The number of hydrogen-bond acceptors (Lipinski definition) is 4. The lowest BCUT2D eigenvalue weighted by Gasteiger charge is -2.06. The van der Waals surface area contributed by atoms with E-state index in [1.165, 1.54) is 13.2 Å². The molecule has 5 nitrogen and oxygen atoms in total. The van der Waals surface area contributed by atoms with Crippen LogP contribution in [0.15, 0.2) is 48.5 Å². The summed E-state index contributed by atoms with van der Waals surface area (Å²) < 4.78 is 4.62. The van der Waals surface area contributed by atoms with Crippen molar-refractivity contribution in [1.29, 1.82) is 5.26 Å². The van der Waals surface area contributed by atoms with Gasteiger partial charge in [0.25, 0.3) is 5.91 Å². The number of carbonyl (C=O) groups excluding carboxylic acids is 2. The van der Waals surface area contributed by atoms with E-state index in [-0.39, 0.29) is 5.91 Å². The minimum absolute atomic E-state index is 0.255. The zero-order valence-electron chi connectivity index (χ0n) is 12.0. The Kier molecular flexibility index (Phi) is 4.89. The quantitative estimate of drug-likeness (QED) is 0.877. The van der Waals surface area contributed by atoms with Gasteiger partial charge in [0, 0.05) is 12.1 Å². The second-order valence-corrected chi connectivity index (χ2v) is 4.56. The molecule has 110 valence electrons. The topological polar surface area (TPSA) is 79.2 Å². The van der Waals surface area contributed by atoms with Crippen LogP contribution in [0.1, 0.15) is 31.8 Å².